The van der Waals surface area contributed by atoms with E-state index in [0.29, 0.717) is 40.9 Å². The Labute approximate surface area is 186 Å². The van der Waals surface area contributed by atoms with E-state index in [-0.39, 0.29) is 23.6 Å². The molecule has 170 valence electrons. The highest BCUT2D eigenvalue weighted by molar-refractivity contribution is 6.43. The molecular weight excluding hydrogens is 413 g/mol. The smallest absolute Gasteiger partial charge is 0.297 e. The van der Waals surface area contributed by atoms with Crippen molar-refractivity contribution < 1.29 is 23.9 Å². The number of nitrogens with zero attached hydrogens (tertiary/aromatic N) is 2. The Kier molecular flexibility index (Phi) is 5.67. The monoisotopic (exact) mass is 441 g/mol. The number of aromatic nitrogens is 1. The number of anilines is 1. The number of amides is 2. The fourth-order valence-electron chi connectivity index (χ4n) is 5.25. The first kappa shape index (κ1) is 22.2. The van der Waals surface area contributed by atoms with Gasteiger partial charge in [-0.05, 0) is 75.8 Å². The number of piperidine rings is 1. The maximum absolute atomic E-state index is 13.5. The number of nitrogens with one attached hydrogen (secondary N) is 1. The van der Waals surface area contributed by atoms with Crippen molar-refractivity contribution in [3.8, 4) is 0 Å². The number of aliphatic hydroxyl groups excluding tert-OH is 1. The molecule has 1 aromatic heterocycles. The molecule has 7 nitrogen and oxygen atoms in total. The van der Waals surface area contributed by atoms with Crippen LogP contribution in [0.25, 0.3) is 0 Å². The molecule has 2 aliphatic rings. The molecule has 32 heavy (non-hydrogen) atoms. The topological polar surface area (TPSA) is 91.6 Å². The highest BCUT2D eigenvalue weighted by atomic mass is 19.1. The molecule has 0 aliphatic carbocycles. The summed E-state index contributed by atoms with van der Waals surface area (Å²) in [7, 11) is 1.66. The molecule has 3 heterocycles. The predicted molar refractivity (Wildman–Crippen MR) is 117 cm³/mol. The van der Waals surface area contributed by atoms with Crippen LogP contribution in [0.1, 0.15) is 63.4 Å². The average molecular weight is 442 g/mol. The summed E-state index contributed by atoms with van der Waals surface area (Å²) in [6, 6.07) is 4.06. The molecule has 3 atom stereocenters. The third-order valence-corrected chi connectivity index (χ3v) is 6.93. The maximum atomic E-state index is 13.5. The lowest BCUT2D eigenvalue weighted by Gasteiger charge is -2.36. The van der Waals surface area contributed by atoms with Gasteiger partial charge in [-0.25, -0.2) is 4.39 Å². The number of rotatable bonds is 4. The Morgan fingerprint density at radius 2 is 1.72 bits per heavy atom. The van der Waals surface area contributed by atoms with E-state index in [1.54, 1.807) is 37.3 Å². The Hall–Kier alpha value is -3.00. The van der Waals surface area contributed by atoms with E-state index in [2.05, 4.69) is 5.32 Å². The third-order valence-electron chi connectivity index (χ3n) is 6.93. The van der Waals surface area contributed by atoms with Crippen LogP contribution in [-0.2, 0) is 11.8 Å². The van der Waals surface area contributed by atoms with Gasteiger partial charge in [0.1, 0.15) is 5.82 Å². The summed E-state index contributed by atoms with van der Waals surface area (Å²) in [4.78, 5) is 41.1. The molecule has 2 fully saturated rings. The van der Waals surface area contributed by atoms with E-state index in [0.717, 1.165) is 12.8 Å². The minimum absolute atomic E-state index is 0.119. The van der Waals surface area contributed by atoms with Crippen molar-refractivity contribution in [1.82, 2.24) is 9.47 Å². The molecule has 0 saturated carbocycles. The number of ketones is 1. The standard InChI is InChI=1S/C24H28FN3O4/c1-12-9-15(5-8-19(12)25)26-23(31)20-13(2)21(27(4)14(20)3)22(30)24(32)28-16-6-7-17(28)11-18(29)10-16/h5,8-9,16-18,29H,6-7,10-11H2,1-4H3,(H,26,31)/t16-,17?,18?/m1/s1. The van der Waals surface area contributed by atoms with Crippen LogP contribution >= 0.6 is 0 Å². The summed E-state index contributed by atoms with van der Waals surface area (Å²) in [5.41, 5.74) is 2.37. The van der Waals surface area contributed by atoms with E-state index >= 15 is 0 Å². The first-order valence-electron chi connectivity index (χ1n) is 10.9. The molecule has 2 N–H and O–H groups in total. The lowest BCUT2D eigenvalue weighted by molar-refractivity contribution is -0.132. The van der Waals surface area contributed by atoms with E-state index in [4.69, 9.17) is 0 Å². The molecule has 2 aliphatic heterocycles. The summed E-state index contributed by atoms with van der Waals surface area (Å²) < 4.78 is 15.1. The van der Waals surface area contributed by atoms with Gasteiger partial charge in [0.2, 0.25) is 0 Å². The summed E-state index contributed by atoms with van der Waals surface area (Å²) in [6.45, 7) is 4.99. The summed E-state index contributed by atoms with van der Waals surface area (Å²) in [5.74, 6) is -2.00. The second-order valence-electron chi connectivity index (χ2n) is 8.96. The zero-order valence-electron chi connectivity index (χ0n) is 18.7. The zero-order chi connectivity index (χ0) is 23.3. The van der Waals surface area contributed by atoms with Gasteiger partial charge in [0.15, 0.2) is 0 Å². The zero-order valence-corrected chi connectivity index (χ0v) is 18.7. The number of hydrogen-bond donors (Lipinski definition) is 2. The van der Waals surface area contributed by atoms with Crippen LogP contribution < -0.4 is 5.32 Å². The van der Waals surface area contributed by atoms with Crippen LogP contribution in [0, 0.1) is 26.6 Å². The minimum Gasteiger partial charge on any atom is -0.393 e. The molecule has 4 rings (SSSR count). The number of carbonyl (C=O) groups excluding carboxylic acids is 3. The number of Topliss-reactive ketones (excluding diaryl/α,β-unsaturated/α-hetero) is 1. The normalized spacial score (nSPS) is 22.2. The van der Waals surface area contributed by atoms with Crippen molar-refractivity contribution in [2.24, 2.45) is 7.05 Å². The number of hydrogen-bond acceptors (Lipinski definition) is 4. The number of benzene rings is 1. The number of halogens is 1. The molecule has 0 radical (unpaired) electrons. The van der Waals surface area contributed by atoms with Crippen molar-refractivity contribution in [2.45, 2.75) is 64.6 Å². The average Bonchev–Trinajstić information content (AvgIpc) is 3.13. The van der Waals surface area contributed by atoms with Crippen LogP contribution in [0.5, 0.6) is 0 Å². The van der Waals surface area contributed by atoms with Gasteiger partial charge in [-0.2, -0.15) is 0 Å². The largest absolute Gasteiger partial charge is 0.393 e. The molecule has 2 bridgehead atoms. The van der Waals surface area contributed by atoms with Gasteiger partial charge in [-0.15, -0.1) is 0 Å². The number of fused-ring (bicyclic) bond motifs is 2. The van der Waals surface area contributed by atoms with Crippen molar-refractivity contribution in [1.29, 1.82) is 0 Å². The molecule has 8 heteroatoms. The van der Waals surface area contributed by atoms with Crippen LogP contribution in [-0.4, -0.2) is 50.4 Å². The third kappa shape index (κ3) is 3.62. The molecule has 2 aromatic rings. The lowest BCUT2D eigenvalue weighted by atomic mass is 9.98. The van der Waals surface area contributed by atoms with Crippen molar-refractivity contribution in [3.05, 3.63) is 52.1 Å². The van der Waals surface area contributed by atoms with Gasteiger partial charge in [-0.3, -0.25) is 14.4 Å². The van der Waals surface area contributed by atoms with Gasteiger partial charge in [0.25, 0.3) is 17.6 Å². The van der Waals surface area contributed by atoms with Gasteiger partial charge >= 0.3 is 0 Å². The number of aliphatic hydroxyl groups is 1. The quantitative estimate of drug-likeness (QED) is 0.564. The SMILES string of the molecule is Cc1cc(NC(=O)c2c(C)c(C(=O)C(=O)N3C4CC[C@@H]3CC(O)C4)n(C)c2C)ccc1F. The minimum atomic E-state index is -0.641. The van der Waals surface area contributed by atoms with Crippen molar-refractivity contribution in [3.63, 3.8) is 0 Å². The Morgan fingerprint density at radius 3 is 2.31 bits per heavy atom. The Bertz CT molecular complexity index is 1110. The Morgan fingerprint density at radius 1 is 1.09 bits per heavy atom. The fourth-order valence-corrected chi connectivity index (χ4v) is 5.25. The highest BCUT2D eigenvalue weighted by Gasteiger charge is 2.45. The number of carbonyl (C=O) groups is 3. The second kappa shape index (κ2) is 8.16. The van der Waals surface area contributed by atoms with Gasteiger partial charge in [0.05, 0.1) is 17.4 Å². The number of aryl methyl sites for hydroxylation is 1. The van der Waals surface area contributed by atoms with Gasteiger partial charge in [-0.1, -0.05) is 0 Å². The van der Waals surface area contributed by atoms with E-state index in [9.17, 15) is 23.9 Å². The Balaban J connectivity index is 1.61. The van der Waals surface area contributed by atoms with Gasteiger partial charge < -0.3 is 19.9 Å². The van der Waals surface area contributed by atoms with E-state index < -0.39 is 23.7 Å². The lowest BCUT2D eigenvalue weighted by Crippen LogP contribution is -2.50. The van der Waals surface area contributed by atoms with Crippen molar-refractivity contribution in [2.75, 3.05) is 5.32 Å². The maximum Gasteiger partial charge on any atom is 0.297 e. The van der Waals surface area contributed by atoms with E-state index in [1.807, 2.05) is 0 Å². The van der Waals surface area contributed by atoms with Crippen LogP contribution in [0.4, 0.5) is 10.1 Å². The van der Waals surface area contributed by atoms with E-state index in [1.165, 1.54) is 18.2 Å². The van der Waals surface area contributed by atoms with Crippen molar-refractivity contribution >= 4 is 23.3 Å². The highest BCUT2D eigenvalue weighted by Crippen LogP contribution is 2.36. The molecule has 2 saturated heterocycles. The molecule has 0 spiro atoms. The summed E-state index contributed by atoms with van der Waals surface area (Å²) in [5, 5.41) is 12.8. The van der Waals surface area contributed by atoms with Crippen LogP contribution in [0.3, 0.4) is 0 Å². The summed E-state index contributed by atoms with van der Waals surface area (Å²) in [6.07, 6.45) is 2.13. The summed E-state index contributed by atoms with van der Waals surface area (Å²) >= 11 is 0. The molecule has 2 unspecified atom stereocenters. The van der Waals surface area contributed by atoms with Crippen LogP contribution in [0.2, 0.25) is 0 Å². The predicted octanol–water partition coefficient (Wildman–Crippen LogP) is 3.04. The first-order valence-corrected chi connectivity index (χ1v) is 10.9. The second-order valence-corrected chi connectivity index (χ2v) is 8.96. The fraction of sp³-hybridized carbons (Fsp3) is 0.458. The first-order chi connectivity index (χ1) is 15.1. The van der Waals surface area contributed by atoms with Crippen LogP contribution in [0.15, 0.2) is 18.2 Å². The molecule has 1 aromatic carbocycles. The van der Waals surface area contributed by atoms with Gasteiger partial charge in [0, 0.05) is 30.5 Å². The molecule has 2 amide bonds. The molecular formula is C24H28FN3O4.